The van der Waals surface area contributed by atoms with Gasteiger partial charge >= 0.3 is 0 Å². The molecule has 0 amide bonds. The first-order valence-electron chi connectivity index (χ1n) is 6.97. The van der Waals surface area contributed by atoms with E-state index in [1.54, 1.807) is 10.6 Å². The Morgan fingerprint density at radius 1 is 1.44 bits per heavy atom. The first-order chi connectivity index (χ1) is 8.50. The lowest BCUT2D eigenvalue weighted by molar-refractivity contribution is 0.378. The second kappa shape index (κ2) is 5.17. The number of nitrogens with one attached hydrogen (secondary N) is 1. The average Bonchev–Trinajstić information content (AvgIpc) is 2.63. The molecule has 0 spiro atoms. The topological polar surface area (TPSA) is 34.0 Å². The molecule has 3 nitrogen and oxygen atoms in total. The Morgan fingerprint density at radius 3 is 2.83 bits per heavy atom. The molecule has 0 radical (unpaired) electrons. The molecule has 0 bridgehead atoms. The van der Waals surface area contributed by atoms with Gasteiger partial charge in [0.15, 0.2) is 0 Å². The summed E-state index contributed by atoms with van der Waals surface area (Å²) in [5, 5.41) is 3.56. The molecule has 1 aliphatic rings. The fraction of sp³-hybridized carbons (Fsp3) is 0.667. The van der Waals surface area contributed by atoms with Crippen LogP contribution in [0.25, 0.3) is 0 Å². The van der Waals surface area contributed by atoms with Crippen LogP contribution in [-0.2, 0) is 6.54 Å². The number of pyridine rings is 1. The summed E-state index contributed by atoms with van der Waals surface area (Å²) < 4.78 is 1.79. The summed E-state index contributed by atoms with van der Waals surface area (Å²) in [5.74, 6) is 0. The lowest BCUT2D eigenvalue weighted by Crippen LogP contribution is -2.22. The van der Waals surface area contributed by atoms with Crippen molar-refractivity contribution in [1.29, 1.82) is 0 Å². The van der Waals surface area contributed by atoms with Gasteiger partial charge in [-0.3, -0.25) is 4.79 Å². The standard InChI is InChI=1S/C15H24N2O/c1-4-9-17-11-13(5-6-14(17)18)16-12-7-8-15(2,3)10-12/h5-6,11-12,16H,4,7-10H2,1-3H3. The van der Waals surface area contributed by atoms with Gasteiger partial charge < -0.3 is 9.88 Å². The van der Waals surface area contributed by atoms with Crippen molar-refractivity contribution >= 4 is 5.69 Å². The van der Waals surface area contributed by atoms with Crippen molar-refractivity contribution in [2.45, 2.75) is 59.0 Å². The van der Waals surface area contributed by atoms with Crippen molar-refractivity contribution in [3.63, 3.8) is 0 Å². The molecule has 1 N–H and O–H groups in total. The minimum Gasteiger partial charge on any atom is -0.381 e. The van der Waals surface area contributed by atoms with Gasteiger partial charge in [0, 0.05) is 24.8 Å². The fourth-order valence-electron chi connectivity index (χ4n) is 2.83. The summed E-state index contributed by atoms with van der Waals surface area (Å²) in [6.45, 7) is 7.54. The number of hydrogen-bond donors (Lipinski definition) is 1. The van der Waals surface area contributed by atoms with Gasteiger partial charge in [-0.1, -0.05) is 20.8 Å². The van der Waals surface area contributed by atoms with Crippen molar-refractivity contribution in [3.05, 3.63) is 28.7 Å². The highest BCUT2D eigenvalue weighted by Crippen LogP contribution is 2.38. The molecular formula is C15H24N2O. The van der Waals surface area contributed by atoms with Crippen molar-refractivity contribution in [2.75, 3.05) is 5.32 Å². The predicted molar refractivity (Wildman–Crippen MR) is 76.0 cm³/mol. The van der Waals surface area contributed by atoms with Crippen molar-refractivity contribution in [1.82, 2.24) is 4.57 Å². The summed E-state index contributed by atoms with van der Waals surface area (Å²) in [6, 6.07) is 4.12. The van der Waals surface area contributed by atoms with E-state index in [1.807, 2.05) is 12.3 Å². The maximum absolute atomic E-state index is 11.6. The fourth-order valence-corrected chi connectivity index (χ4v) is 2.83. The zero-order valence-electron chi connectivity index (χ0n) is 11.7. The third kappa shape index (κ3) is 3.15. The molecule has 2 rings (SSSR count). The molecule has 0 saturated heterocycles. The molecule has 18 heavy (non-hydrogen) atoms. The summed E-state index contributed by atoms with van der Waals surface area (Å²) in [4.78, 5) is 11.6. The maximum atomic E-state index is 11.6. The van der Waals surface area contributed by atoms with Crippen LogP contribution in [0, 0.1) is 5.41 Å². The van der Waals surface area contributed by atoms with Crippen LogP contribution in [0.1, 0.15) is 46.5 Å². The Morgan fingerprint density at radius 2 is 2.22 bits per heavy atom. The third-order valence-corrected chi connectivity index (χ3v) is 3.79. The molecule has 1 unspecified atom stereocenters. The van der Waals surface area contributed by atoms with Crippen molar-refractivity contribution < 1.29 is 0 Å². The molecule has 1 aromatic heterocycles. The Kier molecular flexibility index (Phi) is 3.79. The predicted octanol–water partition coefficient (Wildman–Crippen LogP) is 3.25. The normalized spacial score (nSPS) is 22.1. The quantitative estimate of drug-likeness (QED) is 0.887. The van der Waals surface area contributed by atoms with E-state index < -0.39 is 0 Å². The molecule has 0 aromatic carbocycles. The van der Waals surface area contributed by atoms with E-state index in [-0.39, 0.29) is 5.56 Å². The number of anilines is 1. The molecule has 3 heteroatoms. The molecule has 1 aromatic rings. The van der Waals surface area contributed by atoms with E-state index in [0.717, 1.165) is 18.7 Å². The van der Waals surface area contributed by atoms with Crippen LogP contribution in [0.4, 0.5) is 5.69 Å². The van der Waals surface area contributed by atoms with Crippen LogP contribution >= 0.6 is 0 Å². The number of aromatic nitrogens is 1. The van der Waals surface area contributed by atoms with E-state index >= 15 is 0 Å². The highest BCUT2D eigenvalue weighted by Gasteiger charge is 2.30. The largest absolute Gasteiger partial charge is 0.381 e. The first-order valence-corrected chi connectivity index (χ1v) is 6.97. The molecule has 1 heterocycles. The van der Waals surface area contributed by atoms with Gasteiger partial charge in [0.25, 0.3) is 5.56 Å². The minimum atomic E-state index is 0.0918. The lowest BCUT2D eigenvalue weighted by Gasteiger charge is -2.19. The second-order valence-corrected chi connectivity index (χ2v) is 6.20. The Balaban J connectivity index is 2.06. The van der Waals surface area contributed by atoms with Crippen LogP contribution in [-0.4, -0.2) is 10.6 Å². The van der Waals surface area contributed by atoms with Gasteiger partial charge in [0.05, 0.1) is 5.69 Å². The van der Waals surface area contributed by atoms with Gasteiger partial charge in [0.2, 0.25) is 0 Å². The van der Waals surface area contributed by atoms with Gasteiger partial charge in [-0.15, -0.1) is 0 Å². The molecular weight excluding hydrogens is 224 g/mol. The van der Waals surface area contributed by atoms with E-state index in [4.69, 9.17) is 0 Å². The van der Waals surface area contributed by atoms with Crippen molar-refractivity contribution in [3.8, 4) is 0 Å². The Bertz CT molecular complexity index is 462. The van der Waals surface area contributed by atoms with Crippen LogP contribution in [0.5, 0.6) is 0 Å². The molecule has 100 valence electrons. The summed E-state index contributed by atoms with van der Waals surface area (Å²) >= 11 is 0. The van der Waals surface area contributed by atoms with Crippen LogP contribution in [0.2, 0.25) is 0 Å². The van der Waals surface area contributed by atoms with Crippen molar-refractivity contribution in [2.24, 2.45) is 5.41 Å². The first kappa shape index (κ1) is 13.2. The van der Waals surface area contributed by atoms with E-state index in [2.05, 4.69) is 26.1 Å². The Labute approximate surface area is 109 Å². The lowest BCUT2D eigenvalue weighted by atomic mass is 9.92. The molecule has 1 fully saturated rings. The second-order valence-electron chi connectivity index (χ2n) is 6.20. The number of aryl methyl sites for hydroxylation is 1. The summed E-state index contributed by atoms with van der Waals surface area (Å²) in [7, 11) is 0. The van der Waals surface area contributed by atoms with Crippen LogP contribution in [0.15, 0.2) is 23.1 Å². The Hall–Kier alpha value is -1.25. The zero-order chi connectivity index (χ0) is 13.2. The SMILES string of the molecule is CCCn1cc(NC2CCC(C)(C)C2)ccc1=O. The average molecular weight is 248 g/mol. The van der Waals surface area contributed by atoms with Crippen LogP contribution < -0.4 is 10.9 Å². The molecule has 1 atom stereocenters. The third-order valence-electron chi connectivity index (χ3n) is 3.79. The van der Waals surface area contributed by atoms with E-state index in [0.29, 0.717) is 11.5 Å². The number of hydrogen-bond acceptors (Lipinski definition) is 2. The molecule has 1 aliphatic carbocycles. The molecule has 0 aliphatic heterocycles. The van der Waals surface area contributed by atoms with Gasteiger partial charge in [-0.05, 0) is 37.2 Å². The summed E-state index contributed by atoms with van der Waals surface area (Å²) in [6.07, 6.45) is 6.65. The molecule has 1 saturated carbocycles. The van der Waals surface area contributed by atoms with E-state index in [9.17, 15) is 4.79 Å². The zero-order valence-corrected chi connectivity index (χ0v) is 11.7. The smallest absolute Gasteiger partial charge is 0.250 e. The maximum Gasteiger partial charge on any atom is 0.250 e. The van der Waals surface area contributed by atoms with Gasteiger partial charge in [-0.25, -0.2) is 0 Å². The van der Waals surface area contributed by atoms with Gasteiger partial charge in [0.1, 0.15) is 0 Å². The monoisotopic (exact) mass is 248 g/mol. The number of rotatable bonds is 4. The van der Waals surface area contributed by atoms with Crippen LogP contribution in [0.3, 0.4) is 0 Å². The van der Waals surface area contributed by atoms with E-state index in [1.165, 1.54) is 19.3 Å². The number of nitrogens with zero attached hydrogens (tertiary/aromatic N) is 1. The highest BCUT2D eigenvalue weighted by atomic mass is 16.1. The summed E-state index contributed by atoms with van der Waals surface area (Å²) in [5.41, 5.74) is 1.62. The highest BCUT2D eigenvalue weighted by molar-refractivity contribution is 5.41. The minimum absolute atomic E-state index is 0.0918. The van der Waals surface area contributed by atoms with Gasteiger partial charge in [-0.2, -0.15) is 0 Å².